The second kappa shape index (κ2) is 11.6. The molecule has 38 heavy (non-hydrogen) atoms. The van der Waals surface area contributed by atoms with Crippen molar-refractivity contribution < 1.29 is 9.53 Å². The molecule has 0 saturated carbocycles. The number of amides is 2. The standard InChI is InChI=1S/C31H29N5O2/c1-22-25(21-35-31(37)36-14-12-33-13-15-36)10-11-29(30(22)38-28-8-3-2-4-9-28)27-17-26(19-34-20-27)24-7-5-6-23(16-24)18-32/h2-11,16-17,19-20,33H,12-15,21H2,1H3,(H,35,37). The van der Waals surface area contributed by atoms with E-state index in [9.17, 15) is 10.1 Å². The molecule has 1 aliphatic heterocycles. The first-order valence-corrected chi connectivity index (χ1v) is 12.7. The predicted octanol–water partition coefficient (Wildman–Crippen LogP) is 5.50. The molecule has 1 fully saturated rings. The van der Waals surface area contributed by atoms with Gasteiger partial charge >= 0.3 is 6.03 Å². The molecule has 0 bridgehead atoms. The molecule has 2 heterocycles. The van der Waals surface area contributed by atoms with E-state index in [0.717, 1.165) is 58.0 Å². The Morgan fingerprint density at radius 3 is 2.58 bits per heavy atom. The van der Waals surface area contributed by atoms with Crippen LogP contribution in [0.2, 0.25) is 0 Å². The average Bonchev–Trinajstić information content (AvgIpc) is 2.98. The summed E-state index contributed by atoms with van der Waals surface area (Å²) in [6, 6.07) is 25.4. The van der Waals surface area contributed by atoms with Crippen LogP contribution in [0.25, 0.3) is 22.3 Å². The quantitative estimate of drug-likeness (QED) is 0.363. The Balaban J connectivity index is 1.48. The van der Waals surface area contributed by atoms with E-state index in [0.29, 0.717) is 25.2 Å². The van der Waals surface area contributed by atoms with Gasteiger partial charge in [-0.05, 0) is 53.9 Å². The van der Waals surface area contributed by atoms with E-state index in [4.69, 9.17) is 4.74 Å². The van der Waals surface area contributed by atoms with Crippen molar-refractivity contribution in [2.24, 2.45) is 0 Å². The highest BCUT2D eigenvalue weighted by Gasteiger charge is 2.18. The summed E-state index contributed by atoms with van der Waals surface area (Å²) in [5.41, 5.74) is 6.16. The molecule has 1 aliphatic rings. The largest absolute Gasteiger partial charge is 0.456 e. The van der Waals surface area contributed by atoms with Gasteiger partial charge in [0.2, 0.25) is 0 Å². The number of ether oxygens (including phenoxy) is 1. The number of urea groups is 1. The highest BCUT2D eigenvalue weighted by molar-refractivity contribution is 5.78. The van der Waals surface area contributed by atoms with Crippen LogP contribution in [-0.4, -0.2) is 42.1 Å². The number of carbonyl (C=O) groups excluding carboxylic acids is 1. The summed E-state index contributed by atoms with van der Waals surface area (Å²) in [5, 5.41) is 15.6. The number of nitrogens with one attached hydrogen (secondary N) is 2. The molecule has 7 heteroatoms. The first-order valence-electron chi connectivity index (χ1n) is 12.7. The molecule has 2 amide bonds. The van der Waals surface area contributed by atoms with Gasteiger partial charge in [-0.25, -0.2) is 4.79 Å². The molecule has 3 aromatic carbocycles. The first-order chi connectivity index (χ1) is 18.6. The smallest absolute Gasteiger partial charge is 0.317 e. The SMILES string of the molecule is Cc1c(CNC(=O)N2CCNCC2)ccc(-c2cncc(-c3cccc(C#N)c3)c2)c1Oc1ccccc1. The van der Waals surface area contributed by atoms with Crippen LogP contribution < -0.4 is 15.4 Å². The fourth-order valence-corrected chi connectivity index (χ4v) is 4.55. The van der Waals surface area contributed by atoms with Crippen LogP contribution in [0.5, 0.6) is 11.5 Å². The van der Waals surface area contributed by atoms with Gasteiger partial charge in [0.05, 0.1) is 11.6 Å². The van der Waals surface area contributed by atoms with Crippen LogP contribution in [0.15, 0.2) is 85.2 Å². The lowest BCUT2D eigenvalue weighted by Gasteiger charge is -2.27. The van der Waals surface area contributed by atoms with E-state index in [-0.39, 0.29) is 6.03 Å². The Hall–Kier alpha value is -4.67. The van der Waals surface area contributed by atoms with E-state index < -0.39 is 0 Å². The van der Waals surface area contributed by atoms with Crippen molar-refractivity contribution in [2.75, 3.05) is 26.2 Å². The van der Waals surface area contributed by atoms with Crippen LogP contribution in [-0.2, 0) is 6.54 Å². The minimum absolute atomic E-state index is 0.0583. The average molecular weight is 504 g/mol. The number of pyridine rings is 1. The molecular formula is C31H29N5O2. The predicted molar refractivity (Wildman–Crippen MR) is 148 cm³/mol. The Kier molecular flexibility index (Phi) is 7.62. The number of nitriles is 1. The van der Waals surface area contributed by atoms with Gasteiger partial charge in [-0.2, -0.15) is 5.26 Å². The number of hydrogen-bond acceptors (Lipinski definition) is 5. The lowest BCUT2D eigenvalue weighted by Crippen LogP contribution is -2.50. The zero-order valence-electron chi connectivity index (χ0n) is 21.3. The minimum atomic E-state index is -0.0583. The number of hydrogen-bond donors (Lipinski definition) is 2. The highest BCUT2D eigenvalue weighted by atomic mass is 16.5. The van der Waals surface area contributed by atoms with E-state index in [2.05, 4.69) is 27.8 Å². The van der Waals surface area contributed by atoms with Crippen molar-refractivity contribution in [3.8, 4) is 39.8 Å². The molecule has 0 radical (unpaired) electrons. The van der Waals surface area contributed by atoms with Crippen molar-refractivity contribution in [3.05, 3.63) is 102 Å². The molecule has 0 spiro atoms. The lowest BCUT2D eigenvalue weighted by atomic mass is 9.96. The van der Waals surface area contributed by atoms with E-state index in [1.165, 1.54) is 0 Å². The summed E-state index contributed by atoms with van der Waals surface area (Å²) in [4.78, 5) is 19.0. The van der Waals surface area contributed by atoms with Gasteiger partial charge in [-0.3, -0.25) is 4.98 Å². The maximum atomic E-state index is 12.7. The van der Waals surface area contributed by atoms with Gasteiger partial charge in [-0.1, -0.05) is 42.5 Å². The van der Waals surface area contributed by atoms with E-state index >= 15 is 0 Å². The summed E-state index contributed by atoms with van der Waals surface area (Å²) in [6.45, 7) is 5.44. The molecule has 0 atom stereocenters. The summed E-state index contributed by atoms with van der Waals surface area (Å²) < 4.78 is 6.44. The molecule has 2 N–H and O–H groups in total. The molecular weight excluding hydrogens is 474 g/mol. The van der Waals surface area contributed by atoms with Crippen LogP contribution in [0.3, 0.4) is 0 Å². The maximum Gasteiger partial charge on any atom is 0.317 e. The molecule has 1 aromatic heterocycles. The summed E-state index contributed by atoms with van der Waals surface area (Å²) in [6.07, 6.45) is 3.61. The third-order valence-electron chi connectivity index (χ3n) is 6.69. The number of piperazine rings is 1. The van der Waals surface area contributed by atoms with Crippen LogP contribution >= 0.6 is 0 Å². The Labute approximate surface area is 222 Å². The zero-order chi connectivity index (χ0) is 26.3. The number of nitrogens with zero attached hydrogens (tertiary/aromatic N) is 3. The van der Waals surface area contributed by atoms with Crippen LogP contribution in [0.4, 0.5) is 4.79 Å². The lowest BCUT2D eigenvalue weighted by molar-refractivity contribution is 0.189. The zero-order valence-corrected chi connectivity index (χ0v) is 21.3. The number of aromatic nitrogens is 1. The number of rotatable bonds is 6. The number of para-hydroxylation sites is 1. The van der Waals surface area contributed by atoms with Gasteiger partial charge in [-0.15, -0.1) is 0 Å². The summed E-state index contributed by atoms with van der Waals surface area (Å²) in [7, 11) is 0. The van der Waals surface area contributed by atoms with Crippen molar-refractivity contribution in [1.82, 2.24) is 20.5 Å². The topological polar surface area (TPSA) is 90.3 Å². The van der Waals surface area contributed by atoms with Gasteiger partial charge in [0.15, 0.2) is 0 Å². The van der Waals surface area contributed by atoms with Crippen molar-refractivity contribution >= 4 is 6.03 Å². The Bertz CT molecular complexity index is 1470. The third kappa shape index (κ3) is 5.66. The maximum absolute atomic E-state index is 12.7. The number of carbonyl (C=O) groups is 1. The minimum Gasteiger partial charge on any atom is -0.456 e. The first kappa shape index (κ1) is 25.0. The Morgan fingerprint density at radius 1 is 1.00 bits per heavy atom. The molecule has 190 valence electrons. The van der Waals surface area contributed by atoms with Gasteiger partial charge in [0.25, 0.3) is 0 Å². The highest BCUT2D eigenvalue weighted by Crippen LogP contribution is 2.39. The molecule has 5 rings (SSSR count). The van der Waals surface area contributed by atoms with Gasteiger partial charge < -0.3 is 20.3 Å². The Morgan fingerprint density at radius 2 is 1.79 bits per heavy atom. The second-order valence-electron chi connectivity index (χ2n) is 9.19. The summed E-state index contributed by atoms with van der Waals surface area (Å²) >= 11 is 0. The van der Waals surface area contributed by atoms with Gasteiger partial charge in [0, 0.05) is 61.8 Å². The fourth-order valence-electron chi connectivity index (χ4n) is 4.55. The molecule has 0 aliphatic carbocycles. The molecule has 0 unspecified atom stereocenters. The molecule has 1 saturated heterocycles. The molecule has 4 aromatic rings. The second-order valence-corrected chi connectivity index (χ2v) is 9.19. The van der Waals surface area contributed by atoms with Crippen molar-refractivity contribution in [1.29, 1.82) is 5.26 Å². The normalized spacial score (nSPS) is 13.0. The summed E-state index contributed by atoms with van der Waals surface area (Å²) in [5.74, 6) is 1.44. The van der Waals surface area contributed by atoms with Crippen LogP contribution in [0, 0.1) is 18.3 Å². The molecule has 7 nitrogen and oxygen atoms in total. The number of benzene rings is 3. The third-order valence-corrected chi connectivity index (χ3v) is 6.69. The van der Waals surface area contributed by atoms with Crippen molar-refractivity contribution in [2.45, 2.75) is 13.5 Å². The van der Waals surface area contributed by atoms with Crippen LogP contribution in [0.1, 0.15) is 16.7 Å². The van der Waals surface area contributed by atoms with Gasteiger partial charge in [0.1, 0.15) is 11.5 Å². The van der Waals surface area contributed by atoms with E-state index in [1.54, 1.807) is 12.3 Å². The van der Waals surface area contributed by atoms with E-state index in [1.807, 2.05) is 78.7 Å². The monoisotopic (exact) mass is 503 g/mol. The van der Waals surface area contributed by atoms with Crippen molar-refractivity contribution in [3.63, 3.8) is 0 Å². The fraction of sp³-hybridized carbons (Fsp3) is 0.194.